The average molecular weight is 890 g/mol. The van der Waals surface area contributed by atoms with Gasteiger partial charge in [-0.2, -0.15) is 78.9 Å². The number of carboxylic acid groups (broad SMARTS) is 1. The van der Waals surface area contributed by atoms with Crippen molar-refractivity contribution in [2.75, 3.05) is 52.5 Å². The number of urea groups is 1. The van der Waals surface area contributed by atoms with Gasteiger partial charge in [0.1, 0.15) is 18.8 Å². The summed E-state index contributed by atoms with van der Waals surface area (Å²) in [7, 11) is -7.35. The number of halogens is 17. The number of piperazine rings is 1. The Morgan fingerprint density at radius 1 is 0.732 bits per heavy atom. The second-order valence-electron chi connectivity index (χ2n) is 11.3. The quantitative estimate of drug-likeness (QED) is 0.0818. The van der Waals surface area contributed by atoms with Crippen molar-refractivity contribution in [2.24, 2.45) is 11.5 Å². The van der Waals surface area contributed by atoms with Gasteiger partial charge < -0.3 is 41.7 Å². The van der Waals surface area contributed by atoms with Gasteiger partial charge in [0.05, 0.1) is 13.2 Å². The molecule has 32 heteroatoms. The molecule has 0 aromatic carbocycles. The van der Waals surface area contributed by atoms with Gasteiger partial charge in [0.2, 0.25) is 5.91 Å². The van der Waals surface area contributed by atoms with Crippen molar-refractivity contribution >= 4 is 27.9 Å². The molecule has 0 aromatic heterocycles. The molecule has 1 saturated heterocycles. The summed E-state index contributed by atoms with van der Waals surface area (Å²) in [5.74, 6) is -53.5. The molecular weight excluding hydrogens is 857 g/mol. The lowest BCUT2D eigenvalue weighted by molar-refractivity contribution is -0.458. The van der Waals surface area contributed by atoms with E-state index in [1.807, 2.05) is 0 Å². The number of aliphatic carboxylic acids is 1. The summed E-state index contributed by atoms with van der Waals surface area (Å²) < 4.78 is 253. The van der Waals surface area contributed by atoms with Crippen LogP contribution in [0.2, 0.25) is 0 Å². The van der Waals surface area contributed by atoms with Crippen LogP contribution in [0, 0.1) is 0 Å². The molecule has 1 heterocycles. The first kappa shape index (κ1) is 52.8. The van der Waals surface area contributed by atoms with E-state index in [1.165, 1.54) is 0 Å². The van der Waals surface area contributed by atoms with Crippen LogP contribution in [-0.2, 0) is 24.3 Å². The zero-order valence-electron chi connectivity index (χ0n) is 27.6. The van der Waals surface area contributed by atoms with Crippen LogP contribution < -0.4 is 16.8 Å². The number of aliphatic hydroxyl groups excluding tert-OH is 2. The number of nitrogens with one attached hydrogen (secondary N) is 1. The Bertz CT molecular complexity index is 1450. The van der Waals surface area contributed by atoms with Gasteiger partial charge in [-0.15, -0.1) is 0 Å². The summed E-state index contributed by atoms with van der Waals surface area (Å²) in [6.45, 7) is -5.47. The van der Waals surface area contributed by atoms with Gasteiger partial charge in [0.15, 0.2) is 0 Å². The average Bonchev–Trinajstić information content (AvgIpc) is 3.06. The predicted molar refractivity (Wildman–Crippen MR) is 149 cm³/mol. The third kappa shape index (κ3) is 10.4. The number of hydrogen-bond donors (Lipinski definition) is 6. The molecule has 1 aliphatic rings. The molecule has 0 spiro atoms. The SMILES string of the molecule is NC(=O)N1CCN(S(=O)(=O)C(F)(F)C(F)(F)C(F)(F)C(F)(F)C(F)(F)C(F)(F)C(F)(F)C(F)(F)F)CC1.NCCCC[C@H](NC(=O)COCC(O)CO)C(=O)O. The van der Waals surface area contributed by atoms with Gasteiger partial charge in [0, 0.05) is 26.2 Å². The third-order valence-electron chi connectivity index (χ3n) is 7.24. The number of alkyl halides is 17. The summed E-state index contributed by atoms with van der Waals surface area (Å²) in [4.78, 5) is 33.6. The number of primary amides is 1. The van der Waals surface area contributed by atoms with Crippen LogP contribution in [0.1, 0.15) is 19.3 Å². The van der Waals surface area contributed by atoms with Crippen molar-refractivity contribution in [3.8, 4) is 0 Å². The fourth-order valence-corrected chi connectivity index (χ4v) is 5.37. The van der Waals surface area contributed by atoms with Crippen molar-refractivity contribution in [1.82, 2.24) is 14.5 Å². The first-order chi connectivity index (χ1) is 24.9. The molecule has 0 aliphatic carbocycles. The highest BCUT2D eigenvalue weighted by Gasteiger charge is 2.96. The first-order valence-electron chi connectivity index (χ1n) is 14.8. The number of carbonyl (C=O) groups excluding carboxylic acids is 2. The van der Waals surface area contributed by atoms with Crippen molar-refractivity contribution in [3.05, 3.63) is 0 Å². The molecule has 3 amide bonds. The van der Waals surface area contributed by atoms with Crippen LogP contribution in [0.3, 0.4) is 0 Å². The van der Waals surface area contributed by atoms with Crippen molar-refractivity contribution < 1.29 is 117 Å². The Balaban J connectivity index is 0.00000134. The van der Waals surface area contributed by atoms with Crippen LogP contribution in [-0.4, -0.2) is 163 Å². The Kier molecular flexibility index (Phi) is 17.5. The summed E-state index contributed by atoms with van der Waals surface area (Å²) >= 11 is 0. The molecule has 0 saturated carbocycles. The van der Waals surface area contributed by atoms with Crippen LogP contribution in [0.25, 0.3) is 0 Å². The van der Waals surface area contributed by atoms with E-state index in [-0.39, 0.29) is 13.2 Å². The van der Waals surface area contributed by atoms with E-state index in [2.05, 4.69) is 5.32 Å². The van der Waals surface area contributed by atoms with Crippen molar-refractivity contribution in [1.29, 1.82) is 0 Å². The molecule has 1 fully saturated rings. The molecule has 8 N–H and O–H groups in total. The van der Waals surface area contributed by atoms with Crippen LogP contribution in [0.15, 0.2) is 0 Å². The Hall–Kier alpha value is -3.23. The summed E-state index contributed by atoms with van der Waals surface area (Å²) in [5.41, 5.74) is 10.0. The number of unbranched alkanes of at least 4 members (excludes halogenated alkanes) is 1. The van der Waals surface area contributed by atoms with E-state index in [0.29, 0.717) is 30.7 Å². The zero-order chi connectivity index (χ0) is 44.7. The standard InChI is InChI=1S/C13H10F17N3O3S.C11H22N2O6/c14-6(15,8(18,19)10(22,23)12(26,27)28)7(16,17)9(20,21)11(24,25)13(29,30)37(35,36)33-3-1-32(2-4-33)5(31)34;12-4-2-1-3-9(11(17)18)13-10(16)7-19-6-8(15)5-14/h1-4H2,(H2,31,34);8-9,14-15H,1-7,12H2,(H,13,16)(H,17,18)/t;8?,9-/m.0/s1. The van der Waals surface area contributed by atoms with E-state index >= 15 is 0 Å². The minimum Gasteiger partial charge on any atom is -0.480 e. The number of hydrogen-bond acceptors (Lipinski definition) is 9. The summed E-state index contributed by atoms with van der Waals surface area (Å²) in [6, 6.07) is -2.32. The van der Waals surface area contributed by atoms with Gasteiger partial charge in [-0.05, 0) is 25.8 Å². The molecule has 1 aliphatic heterocycles. The molecular formula is C24H32F17N5O9S. The molecule has 56 heavy (non-hydrogen) atoms. The number of rotatable bonds is 19. The van der Waals surface area contributed by atoms with Gasteiger partial charge in [-0.25, -0.2) is 18.0 Å². The minimum atomic E-state index is -8.88. The van der Waals surface area contributed by atoms with Crippen LogP contribution >= 0.6 is 0 Å². The smallest absolute Gasteiger partial charge is 0.460 e. The largest absolute Gasteiger partial charge is 0.480 e. The van der Waals surface area contributed by atoms with E-state index in [9.17, 15) is 97.4 Å². The lowest BCUT2D eigenvalue weighted by Gasteiger charge is -2.43. The lowest BCUT2D eigenvalue weighted by Crippen LogP contribution is -2.75. The van der Waals surface area contributed by atoms with Crippen LogP contribution in [0.5, 0.6) is 0 Å². The van der Waals surface area contributed by atoms with E-state index in [4.69, 9.17) is 31.5 Å². The third-order valence-corrected chi connectivity index (χ3v) is 9.19. The fourth-order valence-electron chi connectivity index (χ4n) is 3.95. The number of sulfonamides is 1. The first-order valence-corrected chi connectivity index (χ1v) is 16.2. The highest BCUT2D eigenvalue weighted by molar-refractivity contribution is 7.90. The molecule has 14 nitrogen and oxygen atoms in total. The normalized spacial score (nSPS) is 17.1. The van der Waals surface area contributed by atoms with Crippen molar-refractivity contribution in [3.63, 3.8) is 0 Å². The molecule has 0 radical (unpaired) electrons. The van der Waals surface area contributed by atoms with Crippen molar-refractivity contribution in [2.45, 2.75) is 78.4 Å². The molecule has 1 rings (SSSR count). The lowest BCUT2D eigenvalue weighted by atomic mass is 9.91. The van der Waals surface area contributed by atoms with E-state index < -0.39 is 124 Å². The maximum Gasteiger partial charge on any atom is 0.460 e. The molecule has 0 aromatic rings. The number of ether oxygens (including phenoxy) is 1. The number of carboxylic acids is 1. The van der Waals surface area contributed by atoms with Gasteiger partial charge in [-0.1, -0.05) is 0 Å². The highest BCUT2D eigenvalue weighted by Crippen LogP contribution is 2.64. The maximum atomic E-state index is 14.1. The Labute approximate surface area is 302 Å². The minimum absolute atomic E-state index is 0.186. The zero-order valence-corrected chi connectivity index (χ0v) is 28.4. The predicted octanol–water partition coefficient (Wildman–Crippen LogP) is 2.03. The van der Waals surface area contributed by atoms with Gasteiger partial charge in [-0.3, -0.25) is 4.79 Å². The molecule has 332 valence electrons. The number of amides is 3. The second-order valence-corrected chi connectivity index (χ2v) is 13.3. The number of aliphatic hydroxyl groups is 2. The molecule has 2 atom stereocenters. The topological polar surface area (TPSA) is 226 Å². The maximum absolute atomic E-state index is 14.1. The van der Waals surface area contributed by atoms with Gasteiger partial charge in [0.25, 0.3) is 10.0 Å². The second kappa shape index (κ2) is 18.6. The summed E-state index contributed by atoms with van der Waals surface area (Å²) in [5, 5.41) is 21.1. The molecule has 1 unspecified atom stereocenters. The molecule has 0 bridgehead atoms. The highest BCUT2D eigenvalue weighted by atomic mass is 32.2. The Morgan fingerprint density at radius 3 is 1.54 bits per heavy atom. The van der Waals surface area contributed by atoms with Crippen LogP contribution in [0.4, 0.5) is 79.4 Å². The summed E-state index contributed by atoms with van der Waals surface area (Å²) in [6.07, 6.45) is -7.34. The van der Waals surface area contributed by atoms with Gasteiger partial charge >= 0.3 is 59.0 Å². The Morgan fingerprint density at radius 2 is 1.16 bits per heavy atom. The number of nitrogens with zero attached hydrogens (tertiary/aromatic N) is 2. The number of nitrogens with two attached hydrogens (primary N) is 2. The monoisotopic (exact) mass is 889 g/mol. The van der Waals surface area contributed by atoms with E-state index in [1.54, 1.807) is 0 Å². The fraction of sp³-hybridized carbons (Fsp3) is 0.875. The van der Waals surface area contributed by atoms with E-state index in [0.717, 1.165) is 0 Å². The number of carbonyl (C=O) groups is 3.